The lowest BCUT2D eigenvalue weighted by molar-refractivity contribution is 0.138. The summed E-state index contributed by atoms with van der Waals surface area (Å²) in [5.41, 5.74) is 3.26. The normalized spacial score (nSPS) is 12.8. The molecule has 5 heteroatoms. The highest BCUT2D eigenvalue weighted by Crippen LogP contribution is 2.25. The van der Waals surface area contributed by atoms with Crippen LogP contribution in [0.3, 0.4) is 0 Å². The van der Waals surface area contributed by atoms with Crippen molar-refractivity contribution in [1.82, 2.24) is 9.88 Å². The number of likely N-dealkylation sites (N-methyl/N-ethyl adjacent to an activating group) is 1. The van der Waals surface area contributed by atoms with E-state index in [1.165, 1.54) is 5.56 Å². The van der Waals surface area contributed by atoms with Gasteiger partial charge in [-0.1, -0.05) is 18.2 Å². The average Bonchev–Trinajstić information content (AvgIpc) is 2.86. The van der Waals surface area contributed by atoms with Gasteiger partial charge in [-0.3, -0.25) is 4.90 Å². The molecule has 0 saturated carbocycles. The number of thiazole rings is 1. The summed E-state index contributed by atoms with van der Waals surface area (Å²) in [4.78, 5) is 6.61. The SMILES string of the molecule is CC(O)CN(C)Cc1cccc(-c2nc(CCl)cs2)c1. The summed E-state index contributed by atoms with van der Waals surface area (Å²) in [6.45, 7) is 3.28. The van der Waals surface area contributed by atoms with E-state index in [1.807, 2.05) is 18.5 Å². The zero-order chi connectivity index (χ0) is 14.5. The zero-order valence-corrected chi connectivity index (χ0v) is 13.3. The Kier molecular flexibility index (Phi) is 5.54. The number of halogens is 1. The molecule has 0 aliphatic rings. The van der Waals surface area contributed by atoms with Crippen molar-refractivity contribution in [3.8, 4) is 10.6 Å². The molecule has 0 amide bonds. The molecule has 2 aromatic rings. The summed E-state index contributed by atoms with van der Waals surface area (Å²) < 4.78 is 0. The van der Waals surface area contributed by atoms with Gasteiger partial charge in [-0.05, 0) is 25.6 Å². The maximum absolute atomic E-state index is 9.40. The molecule has 1 heterocycles. The fraction of sp³-hybridized carbons (Fsp3) is 0.400. The van der Waals surface area contributed by atoms with E-state index in [2.05, 4.69) is 28.1 Å². The maximum Gasteiger partial charge on any atom is 0.123 e. The van der Waals surface area contributed by atoms with Gasteiger partial charge < -0.3 is 5.11 Å². The van der Waals surface area contributed by atoms with Crippen LogP contribution in [-0.2, 0) is 12.4 Å². The summed E-state index contributed by atoms with van der Waals surface area (Å²) in [6, 6.07) is 8.35. The molecule has 2 rings (SSSR count). The Labute approximate surface area is 128 Å². The molecule has 1 aromatic carbocycles. The molecule has 1 aromatic heterocycles. The van der Waals surface area contributed by atoms with Crippen molar-refractivity contribution in [1.29, 1.82) is 0 Å². The quantitative estimate of drug-likeness (QED) is 0.831. The van der Waals surface area contributed by atoms with Gasteiger partial charge in [-0.2, -0.15) is 0 Å². The van der Waals surface area contributed by atoms with E-state index < -0.39 is 0 Å². The van der Waals surface area contributed by atoms with Crippen LogP contribution in [0.25, 0.3) is 10.6 Å². The largest absolute Gasteiger partial charge is 0.392 e. The van der Waals surface area contributed by atoms with Crippen LogP contribution in [0.15, 0.2) is 29.6 Å². The van der Waals surface area contributed by atoms with Crippen LogP contribution < -0.4 is 0 Å². The van der Waals surface area contributed by atoms with Crippen LogP contribution in [0.1, 0.15) is 18.2 Å². The zero-order valence-electron chi connectivity index (χ0n) is 11.7. The Morgan fingerprint density at radius 2 is 2.25 bits per heavy atom. The molecule has 0 fully saturated rings. The van der Waals surface area contributed by atoms with Gasteiger partial charge in [0.15, 0.2) is 0 Å². The van der Waals surface area contributed by atoms with E-state index in [1.54, 1.807) is 18.3 Å². The predicted octanol–water partition coefficient (Wildman–Crippen LogP) is 3.36. The van der Waals surface area contributed by atoms with E-state index >= 15 is 0 Å². The minimum absolute atomic E-state index is 0.312. The van der Waals surface area contributed by atoms with Gasteiger partial charge in [0.2, 0.25) is 0 Å². The molecular formula is C15H19ClN2OS. The first-order valence-electron chi connectivity index (χ1n) is 6.54. The molecule has 1 atom stereocenters. The molecule has 3 nitrogen and oxygen atoms in total. The van der Waals surface area contributed by atoms with Crippen molar-refractivity contribution in [3.05, 3.63) is 40.9 Å². The van der Waals surface area contributed by atoms with E-state index in [9.17, 15) is 5.11 Å². The van der Waals surface area contributed by atoms with Crippen molar-refractivity contribution in [2.24, 2.45) is 0 Å². The molecule has 108 valence electrons. The third-order valence-corrected chi connectivity index (χ3v) is 4.10. The molecule has 0 bridgehead atoms. The predicted molar refractivity (Wildman–Crippen MR) is 85.1 cm³/mol. The van der Waals surface area contributed by atoms with Gasteiger partial charge in [-0.25, -0.2) is 4.98 Å². The second-order valence-electron chi connectivity index (χ2n) is 5.02. The van der Waals surface area contributed by atoms with Crippen LogP contribution in [0.2, 0.25) is 0 Å². The van der Waals surface area contributed by atoms with E-state index in [-0.39, 0.29) is 6.10 Å². The molecule has 0 aliphatic carbocycles. The minimum Gasteiger partial charge on any atom is -0.392 e. The molecule has 1 unspecified atom stereocenters. The van der Waals surface area contributed by atoms with Crippen LogP contribution in [0.4, 0.5) is 0 Å². The number of hydrogen-bond acceptors (Lipinski definition) is 4. The second-order valence-corrected chi connectivity index (χ2v) is 6.15. The summed E-state index contributed by atoms with van der Waals surface area (Å²) in [6.07, 6.45) is -0.312. The summed E-state index contributed by atoms with van der Waals surface area (Å²) in [5.74, 6) is 0.452. The Bertz CT molecular complexity index is 556. The monoisotopic (exact) mass is 310 g/mol. The Morgan fingerprint density at radius 3 is 2.90 bits per heavy atom. The molecule has 0 aliphatic heterocycles. The number of aliphatic hydroxyl groups excluding tert-OH is 1. The number of hydrogen-bond donors (Lipinski definition) is 1. The smallest absolute Gasteiger partial charge is 0.123 e. The lowest BCUT2D eigenvalue weighted by Gasteiger charge is -2.18. The van der Waals surface area contributed by atoms with Gasteiger partial charge in [0.25, 0.3) is 0 Å². The van der Waals surface area contributed by atoms with Crippen LogP contribution in [0, 0.1) is 0 Å². The third kappa shape index (κ3) is 4.28. The van der Waals surface area contributed by atoms with Crippen LogP contribution >= 0.6 is 22.9 Å². The number of aromatic nitrogens is 1. The number of alkyl halides is 1. The first-order chi connectivity index (χ1) is 9.58. The average molecular weight is 311 g/mol. The van der Waals surface area contributed by atoms with E-state index in [0.29, 0.717) is 12.4 Å². The summed E-state index contributed by atoms with van der Waals surface area (Å²) >= 11 is 7.41. The van der Waals surface area contributed by atoms with Crippen LogP contribution in [0.5, 0.6) is 0 Å². The highest BCUT2D eigenvalue weighted by Gasteiger charge is 2.07. The van der Waals surface area contributed by atoms with E-state index in [0.717, 1.165) is 22.8 Å². The molecule has 20 heavy (non-hydrogen) atoms. The van der Waals surface area contributed by atoms with Crippen LogP contribution in [-0.4, -0.2) is 34.7 Å². The van der Waals surface area contributed by atoms with Crippen molar-refractivity contribution < 1.29 is 5.11 Å². The lowest BCUT2D eigenvalue weighted by atomic mass is 10.1. The van der Waals surface area contributed by atoms with Gasteiger partial charge in [-0.15, -0.1) is 22.9 Å². The molecular weight excluding hydrogens is 292 g/mol. The Hall–Kier alpha value is -0.940. The second kappa shape index (κ2) is 7.18. The maximum atomic E-state index is 9.40. The highest BCUT2D eigenvalue weighted by molar-refractivity contribution is 7.13. The highest BCUT2D eigenvalue weighted by atomic mass is 35.5. The number of rotatable bonds is 6. The summed E-state index contributed by atoms with van der Waals surface area (Å²) in [5, 5.41) is 12.4. The topological polar surface area (TPSA) is 36.4 Å². The van der Waals surface area contributed by atoms with Crippen molar-refractivity contribution in [3.63, 3.8) is 0 Å². The van der Waals surface area contributed by atoms with Gasteiger partial charge in [0.1, 0.15) is 5.01 Å². The fourth-order valence-electron chi connectivity index (χ4n) is 2.13. The number of nitrogens with zero attached hydrogens (tertiary/aromatic N) is 2. The Balaban J connectivity index is 2.11. The van der Waals surface area contributed by atoms with Gasteiger partial charge >= 0.3 is 0 Å². The fourth-order valence-corrected chi connectivity index (χ4v) is 3.18. The lowest BCUT2D eigenvalue weighted by Crippen LogP contribution is -2.26. The standard InChI is InChI=1S/C15H19ClN2OS/c1-11(19)8-18(2)9-12-4-3-5-13(6-12)15-17-14(7-16)10-20-15/h3-6,10-11,19H,7-9H2,1-2H3. The molecule has 0 spiro atoms. The van der Waals surface area contributed by atoms with Gasteiger partial charge in [0.05, 0.1) is 17.7 Å². The minimum atomic E-state index is -0.312. The number of aliphatic hydroxyl groups is 1. The first kappa shape index (κ1) is 15.4. The van der Waals surface area contributed by atoms with Crippen molar-refractivity contribution in [2.45, 2.75) is 25.5 Å². The third-order valence-electron chi connectivity index (χ3n) is 2.89. The van der Waals surface area contributed by atoms with Crippen molar-refractivity contribution >= 4 is 22.9 Å². The molecule has 1 N–H and O–H groups in total. The van der Waals surface area contributed by atoms with Crippen molar-refractivity contribution in [2.75, 3.05) is 13.6 Å². The molecule has 0 saturated heterocycles. The number of benzene rings is 1. The van der Waals surface area contributed by atoms with Gasteiger partial charge in [0, 0.05) is 24.0 Å². The van der Waals surface area contributed by atoms with E-state index in [4.69, 9.17) is 11.6 Å². The summed E-state index contributed by atoms with van der Waals surface area (Å²) in [7, 11) is 2.01. The first-order valence-corrected chi connectivity index (χ1v) is 7.96. The Morgan fingerprint density at radius 1 is 1.45 bits per heavy atom. The molecule has 0 radical (unpaired) electrons.